The maximum atomic E-state index is 12.3. The van der Waals surface area contributed by atoms with Gasteiger partial charge in [-0.05, 0) is 32.0 Å². The van der Waals surface area contributed by atoms with Gasteiger partial charge in [0.2, 0.25) is 5.91 Å². The number of nitrogens with zero attached hydrogens (tertiary/aromatic N) is 2. The van der Waals surface area contributed by atoms with Crippen molar-refractivity contribution < 1.29 is 9.59 Å². The van der Waals surface area contributed by atoms with Crippen LogP contribution >= 0.6 is 11.6 Å². The molecule has 0 unspecified atom stereocenters. The second-order valence-corrected chi connectivity index (χ2v) is 4.84. The summed E-state index contributed by atoms with van der Waals surface area (Å²) in [5, 5.41) is 7.20. The number of carbonyl (C=O) groups excluding carboxylic acids is 2. The molecule has 1 heterocycles. The summed E-state index contributed by atoms with van der Waals surface area (Å²) in [5.74, 6) is -0.942. The summed E-state index contributed by atoms with van der Waals surface area (Å²) in [6, 6.07) is 6.39. The van der Waals surface area contributed by atoms with E-state index in [4.69, 9.17) is 17.3 Å². The van der Waals surface area contributed by atoms with E-state index < -0.39 is 5.91 Å². The van der Waals surface area contributed by atoms with E-state index in [0.29, 0.717) is 34.2 Å². The number of rotatable bonds is 4. The summed E-state index contributed by atoms with van der Waals surface area (Å²) >= 11 is 6.12. The van der Waals surface area contributed by atoms with Crippen molar-refractivity contribution in [1.29, 1.82) is 0 Å². The first kappa shape index (κ1) is 15.1. The van der Waals surface area contributed by atoms with Gasteiger partial charge < -0.3 is 11.1 Å². The molecule has 2 aromatic rings. The van der Waals surface area contributed by atoms with E-state index in [1.165, 1.54) is 10.7 Å². The van der Waals surface area contributed by atoms with E-state index in [1.54, 1.807) is 25.1 Å². The highest BCUT2D eigenvalue weighted by Crippen LogP contribution is 2.21. The van der Waals surface area contributed by atoms with Gasteiger partial charge in [0.15, 0.2) is 0 Å². The van der Waals surface area contributed by atoms with Crippen molar-refractivity contribution in [1.82, 2.24) is 9.78 Å². The molecule has 0 aliphatic heterocycles. The van der Waals surface area contributed by atoms with Crippen LogP contribution in [-0.2, 0) is 6.54 Å². The Kier molecular flexibility index (Phi) is 4.28. The number of amides is 2. The molecule has 0 aliphatic rings. The molecule has 1 aromatic heterocycles. The Morgan fingerprint density at radius 1 is 1.43 bits per heavy atom. The smallest absolute Gasteiger partial charge is 0.275 e. The monoisotopic (exact) mass is 306 g/mol. The number of primary amides is 1. The number of halogens is 1. The lowest BCUT2D eigenvalue weighted by atomic mass is 10.2. The van der Waals surface area contributed by atoms with Gasteiger partial charge in [-0.25, -0.2) is 0 Å². The highest BCUT2D eigenvalue weighted by molar-refractivity contribution is 6.34. The lowest BCUT2D eigenvalue weighted by molar-refractivity contribution is 0.0994. The third-order valence-electron chi connectivity index (χ3n) is 2.97. The Balaban J connectivity index is 2.30. The van der Waals surface area contributed by atoms with E-state index in [-0.39, 0.29) is 5.91 Å². The molecule has 0 fully saturated rings. The van der Waals surface area contributed by atoms with Crippen molar-refractivity contribution >= 4 is 29.1 Å². The van der Waals surface area contributed by atoms with Gasteiger partial charge in [-0.1, -0.05) is 17.7 Å². The standard InChI is InChI=1S/C14H15ClN4O2/c1-3-19-12(11(15)8(2)18-19)14(21)17-10-6-4-5-9(7-10)13(16)20/h4-7H,3H2,1-2H3,(H2,16,20)(H,17,21). The molecule has 110 valence electrons. The normalized spacial score (nSPS) is 10.4. The van der Waals surface area contributed by atoms with Crippen molar-refractivity contribution in [3.63, 3.8) is 0 Å². The van der Waals surface area contributed by atoms with Crippen LogP contribution in [0.1, 0.15) is 33.5 Å². The molecule has 0 bridgehead atoms. The predicted molar refractivity (Wildman–Crippen MR) is 80.6 cm³/mol. The molecule has 0 spiro atoms. The number of aromatic nitrogens is 2. The fourth-order valence-corrected chi connectivity index (χ4v) is 2.17. The zero-order chi connectivity index (χ0) is 15.6. The van der Waals surface area contributed by atoms with Crippen LogP contribution < -0.4 is 11.1 Å². The summed E-state index contributed by atoms with van der Waals surface area (Å²) in [6.07, 6.45) is 0. The van der Waals surface area contributed by atoms with Gasteiger partial charge in [0.1, 0.15) is 5.69 Å². The van der Waals surface area contributed by atoms with Crippen molar-refractivity contribution in [2.75, 3.05) is 5.32 Å². The van der Waals surface area contributed by atoms with Gasteiger partial charge in [0.05, 0.1) is 10.7 Å². The first-order valence-electron chi connectivity index (χ1n) is 6.38. The Bertz CT molecular complexity index is 709. The molecule has 21 heavy (non-hydrogen) atoms. The first-order valence-corrected chi connectivity index (χ1v) is 6.76. The maximum absolute atomic E-state index is 12.3. The van der Waals surface area contributed by atoms with Crippen molar-refractivity contribution in [2.24, 2.45) is 5.73 Å². The third kappa shape index (κ3) is 3.05. The predicted octanol–water partition coefficient (Wildman–Crippen LogP) is 2.22. The Hall–Kier alpha value is -2.34. The van der Waals surface area contributed by atoms with E-state index in [0.717, 1.165) is 0 Å². The van der Waals surface area contributed by atoms with Crippen LogP contribution in [0.4, 0.5) is 5.69 Å². The number of anilines is 1. The topological polar surface area (TPSA) is 90.0 Å². The fourth-order valence-electron chi connectivity index (χ4n) is 1.95. The summed E-state index contributed by atoms with van der Waals surface area (Å²) < 4.78 is 1.53. The Labute approximate surface area is 126 Å². The van der Waals surface area contributed by atoms with Gasteiger partial charge in [-0.15, -0.1) is 0 Å². The Morgan fingerprint density at radius 3 is 2.76 bits per heavy atom. The number of hydrogen-bond acceptors (Lipinski definition) is 3. The average Bonchev–Trinajstić information content (AvgIpc) is 2.74. The van der Waals surface area contributed by atoms with Crippen LogP contribution in [0.15, 0.2) is 24.3 Å². The highest BCUT2D eigenvalue weighted by Gasteiger charge is 2.20. The van der Waals surface area contributed by atoms with Crippen LogP contribution in [-0.4, -0.2) is 21.6 Å². The molecule has 0 radical (unpaired) electrons. The molecule has 2 rings (SSSR count). The molecule has 6 nitrogen and oxygen atoms in total. The average molecular weight is 307 g/mol. The molecular formula is C14H15ClN4O2. The zero-order valence-corrected chi connectivity index (χ0v) is 12.4. The minimum atomic E-state index is -0.557. The van der Waals surface area contributed by atoms with Crippen LogP contribution in [0.3, 0.4) is 0 Å². The van der Waals surface area contributed by atoms with Crippen LogP contribution in [0, 0.1) is 6.92 Å². The first-order chi connectivity index (χ1) is 9.93. The van der Waals surface area contributed by atoms with E-state index >= 15 is 0 Å². The van der Waals surface area contributed by atoms with Crippen LogP contribution in [0.2, 0.25) is 5.02 Å². The molecule has 0 aliphatic carbocycles. The molecular weight excluding hydrogens is 292 g/mol. The molecule has 0 saturated heterocycles. The van der Waals surface area contributed by atoms with Gasteiger partial charge in [0.25, 0.3) is 5.91 Å². The maximum Gasteiger partial charge on any atom is 0.275 e. The number of hydrogen-bond donors (Lipinski definition) is 2. The summed E-state index contributed by atoms with van der Waals surface area (Å²) in [5.41, 5.74) is 6.88. The molecule has 1 aromatic carbocycles. The second-order valence-electron chi connectivity index (χ2n) is 4.46. The van der Waals surface area contributed by atoms with Gasteiger partial charge in [0, 0.05) is 17.8 Å². The van der Waals surface area contributed by atoms with Gasteiger partial charge in [-0.2, -0.15) is 5.10 Å². The molecule has 7 heteroatoms. The summed E-state index contributed by atoms with van der Waals surface area (Å²) in [6.45, 7) is 4.13. The van der Waals surface area contributed by atoms with Crippen LogP contribution in [0.25, 0.3) is 0 Å². The third-order valence-corrected chi connectivity index (χ3v) is 3.43. The minimum Gasteiger partial charge on any atom is -0.366 e. The summed E-state index contributed by atoms with van der Waals surface area (Å²) in [4.78, 5) is 23.5. The fraction of sp³-hybridized carbons (Fsp3) is 0.214. The van der Waals surface area contributed by atoms with Crippen molar-refractivity contribution in [3.8, 4) is 0 Å². The van der Waals surface area contributed by atoms with E-state index in [1.807, 2.05) is 6.92 Å². The SMILES string of the molecule is CCn1nc(C)c(Cl)c1C(=O)Nc1cccc(C(N)=O)c1. The molecule has 0 atom stereocenters. The van der Waals surface area contributed by atoms with Crippen molar-refractivity contribution in [2.45, 2.75) is 20.4 Å². The van der Waals surface area contributed by atoms with Gasteiger partial charge >= 0.3 is 0 Å². The lowest BCUT2D eigenvalue weighted by Crippen LogP contribution is -2.18. The Morgan fingerprint density at radius 2 is 2.14 bits per heavy atom. The number of nitrogens with two attached hydrogens (primary N) is 1. The van der Waals surface area contributed by atoms with Crippen LogP contribution in [0.5, 0.6) is 0 Å². The quantitative estimate of drug-likeness (QED) is 0.907. The number of benzene rings is 1. The van der Waals surface area contributed by atoms with E-state index in [2.05, 4.69) is 10.4 Å². The number of carbonyl (C=O) groups is 2. The van der Waals surface area contributed by atoms with Gasteiger partial charge in [-0.3, -0.25) is 14.3 Å². The summed E-state index contributed by atoms with van der Waals surface area (Å²) in [7, 11) is 0. The molecule has 0 saturated carbocycles. The second kappa shape index (κ2) is 5.97. The minimum absolute atomic E-state index is 0.293. The largest absolute Gasteiger partial charge is 0.366 e. The molecule has 2 amide bonds. The lowest BCUT2D eigenvalue weighted by Gasteiger charge is -2.08. The number of aryl methyl sites for hydroxylation is 2. The zero-order valence-electron chi connectivity index (χ0n) is 11.7. The van der Waals surface area contributed by atoms with Crippen molar-refractivity contribution in [3.05, 3.63) is 46.2 Å². The molecule has 3 N–H and O–H groups in total. The van der Waals surface area contributed by atoms with E-state index in [9.17, 15) is 9.59 Å². The highest BCUT2D eigenvalue weighted by atomic mass is 35.5. The number of nitrogens with one attached hydrogen (secondary N) is 1.